The minimum atomic E-state index is -0.588. The van der Waals surface area contributed by atoms with Crippen LogP contribution in [0.4, 0.5) is 0 Å². The zero-order valence-electron chi connectivity index (χ0n) is 14.8. The summed E-state index contributed by atoms with van der Waals surface area (Å²) in [7, 11) is 1.58. The molecule has 0 unspecified atom stereocenters. The van der Waals surface area contributed by atoms with Crippen LogP contribution in [0.1, 0.15) is 41.0 Å². The van der Waals surface area contributed by atoms with Gasteiger partial charge in [-0.3, -0.25) is 9.59 Å². The second-order valence-corrected chi connectivity index (χ2v) is 7.04. The maximum Gasteiger partial charge on any atom is 0.290 e. The number of unbranched alkanes of at least 4 members (excludes halogenated alkanes) is 1. The van der Waals surface area contributed by atoms with Gasteiger partial charge in [-0.25, -0.2) is 0 Å². The zero-order chi connectivity index (χ0) is 18.7. The van der Waals surface area contributed by atoms with E-state index in [2.05, 4.69) is 0 Å². The molecule has 2 aromatic rings. The van der Waals surface area contributed by atoms with Crippen molar-refractivity contribution in [2.45, 2.75) is 25.8 Å². The molecular weight excluding hydrogens is 350 g/mol. The Hall–Kier alpha value is -2.60. The second kappa shape index (κ2) is 7.74. The van der Waals surface area contributed by atoms with Crippen molar-refractivity contribution in [1.82, 2.24) is 4.90 Å². The van der Waals surface area contributed by atoms with Crippen molar-refractivity contribution >= 4 is 23.0 Å². The lowest BCUT2D eigenvalue weighted by Gasteiger charge is -2.26. The molecule has 3 rings (SSSR count). The van der Waals surface area contributed by atoms with Crippen LogP contribution in [-0.4, -0.2) is 35.4 Å². The lowest BCUT2D eigenvalue weighted by atomic mass is 9.95. The van der Waals surface area contributed by atoms with Crippen LogP contribution in [0.3, 0.4) is 0 Å². The molecule has 1 aromatic heterocycles. The van der Waals surface area contributed by atoms with Crippen LogP contribution >= 0.6 is 11.3 Å². The van der Waals surface area contributed by atoms with Gasteiger partial charge in [-0.15, -0.1) is 11.3 Å². The number of amides is 1. The Bertz CT molecular complexity index is 824. The number of rotatable bonds is 7. The van der Waals surface area contributed by atoms with Gasteiger partial charge in [-0.2, -0.15) is 0 Å². The van der Waals surface area contributed by atoms with Crippen LogP contribution in [0.5, 0.6) is 5.75 Å². The lowest BCUT2D eigenvalue weighted by Crippen LogP contribution is -2.32. The first kappa shape index (κ1) is 18.2. The van der Waals surface area contributed by atoms with Gasteiger partial charge in [0.1, 0.15) is 5.75 Å². The molecular formula is C20H21NO4S. The number of nitrogens with zero attached hydrogens (tertiary/aromatic N) is 1. The van der Waals surface area contributed by atoms with Crippen molar-refractivity contribution in [3.63, 3.8) is 0 Å². The Morgan fingerprint density at radius 3 is 2.58 bits per heavy atom. The van der Waals surface area contributed by atoms with E-state index in [9.17, 15) is 14.7 Å². The standard InChI is InChI=1S/C20H21NO4S/c1-3-4-11-21-17(13-7-9-14(25-2)10-8-13)16(19(23)20(21)24)18(22)15-6-5-12-26-15/h5-10,12,17,23H,3-4,11H2,1-2H3/t17-/m0/s1. The van der Waals surface area contributed by atoms with Crippen molar-refractivity contribution in [3.8, 4) is 5.75 Å². The molecule has 26 heavy (non-hydrogen) atoms. The highest BCUT2D eigenvalue weighted by Gasteiger charge is 2.43. The van der Waals surface area contributed by atoms with E-state index in [0.29, 0.717) is 17.2 Å². The monoisotopic (exact) mass is 371 g/mol. The quantitative estimate of drug-likeness (QED) is 0.743. The number of thiophene rings is 1. The Balaban J connectivity index is 2.05. The smallest absolute Gasteiger partial charge is 0.290 e. The zero-order valence-corrected chi connectivity index (χ0v) is 15.6. The second-order valence-electron chi connectivity index (χ2n) is 6.10. The first-order valence-corrected chi connectivity index (χ1v) is 9.42. The van der Waals surface area contributed by atoms with Gasteiger partial charge < -0.3 is 14.7 Å². The predicted octanol–water partition coefficient (Wildman–Crippen LogP) is 4.14. The summed E-state index contributed by atoms with van der Waals surface area (Å²) < 4.78 is 5.19. The molecule has 0 radical (unpaired) electrons. The van der Waals surface area contributed by atoms with Gasteiger partial charge in [0.05, 0.1) is 23.6 Å². The number of ether oxygens (including phenoxy) is 1. The number of hydrogen-bond donors (Lipinski definition) is 1. The lowest BCUT2D eigenvalue weighted by molar-refractivity contribution is -0.129. The van der Waals surface area contributed by atoms with Crippen molar-refractivity contribution in [1.29, 1.82) is 0 Å². The Morgan fingerprint density at radius 2 is 2.00 bits per heavy atom. The van der Waals surface area contributed by atoms with E-state index in [1.807, 2.05) is 19.1 Å². The Morgan fingerprint density at radius 1 is 1.27 bits per heavy atom. The van der Waals surface area contributed by atoms with Gasteiger partial charge in [0.25, 0.3) is 5.91 Å². The summed E-state index contributed by atoms with van der Waals surface area (Å²) in [6, 6.07) is 10.1. The number of hydrogen-bond acceptors (Lipinski definition) is 5. The minimum Gasteiger partial charge on any atom is -0.503 e. The SMILES string of the molecule is CCCCN1C(=O)C(O)=C(C(=O)c2cccs2)[C@@H]1c1ccc(OC)cc1. The molecule has 1 aromatic carbocycles. The van der Waals surface area contributed by atoms with E-state index < -0.39 is 17.7 Å². The van der Waals surface area contributed by atoms with Gasteiger partial charge in [0.15, 0.2) is 5.76 Å². The van der Waals surface area contributed by atoms with Crippen LogP contribution in [-0.2, 0) is 4.79 Å². The van der Waals surface area contributed by atoms with Crippen molar-refractivity contribution in [2.24, 2.45) is 0 Å². The fourth-order valence-electron chi connectivity index (χ4n) is 3.12. The molecule has 2 heterocycles. The van der Waals surface area contributed by atoms with Crippen LogP contribution in [0.2, 0.25) is 0 Å². The number of carbonyl (C=O) groups is 2. The molecule has 1 aliphatic rings. The molecule has 0 fully saturated rings. The molecule has 1 N–H and O–H groups in total. The highest BCUT2D eigenvalue weighted by Crippen LogP contribution is 2.40. The van der Waals surface area contributed by atoms with E-state index >= 15 is 0 Å². The van der Waals surface area contributed by atoms with E-state index in [4.69, 9.17) is 4.74 Å². The van der Waals surface area contributed by atoms with Crippen molar-refractivity contribution < 1.29 is 19.4 Å². The molecule has 0 spiro atoms. The summed E-state index contributed by atoms with van der Waals surface area (Å²) in [5, 5.41) is 12.3. The molecule has 0 bridgehead atoms. The normalized spacial score (nSPS) is 17.1. The van der Waals surface area contributed by atoms with E-state index in [1.165, 1.54) is 11.3 Å². The van der Waals surface area contributed by atoms with E-state index in [1.54, 1.807) is 41.7 Å². The number of Topliss-reactive ketones (excluding diaryl/α,β-unsaturated/α-hetero) is 1. The average Bonchev–Trinajstić information content (AvgIpc) is 3.28. The predicted molar refractivity (Wildman–Crippen MR) is 101 cm³/mol. The highest BCUT2D eigenvalue weighted by molar-refractivity contribution is 7.12. The van der Waals surface area contributed by atoms with Crippen molar-refractivity contribution in [3.05, 3.63) is 63.6 Å². The number of benzene rings is 1. The minimum absolute atomic E-state index is 0.152. The molecule has 0 saturated carbocycles. The van der Waals surface area contributed by atoms with Crippen molar-refractivity contribution in [2.75, 3.05) is 13.7 Å². The summed E-state index contributed by atoms with van der Waals surface area (Å²) in [5.74, 6) is -0.539. The number of carbonyl (C=O) groups excluding carboxylic acids is 2. The molecule has 5 nitrogen and oxygen atoms in total. The molecule has 136 valence electrons. The fourth-order valence-corrected chi connectivity index (χ4v) is 3.80. The van der Waals surface area contributed by atoms with E-state index in [-0.39, 0.29) is 11.4 Å². The van der Waals surface area contributed by atoms with E-state index in [0.717, 1.165) is 18.4 Å². The average molecular weight is 371 g/mol. The third-order valence-electron chi connectivity index (χ3n) is 4.48. The number of aliphatic hydroxyl groups excluding tert-OH is 1. The van der Waals surface area contributed by atoms with Crippen LogP contribution in [0, 0.1) is 0 Å². The summed E-state index contributed by atoms with van der Waals surface area (Å²) in [6.07, 6.45) is 1.71. The molecule has 6 heteroatoms. The molecule has 0 aliphatic carbocycles. The van der Waals surface area contributed by atoms with Crippen LogP contribution in [0.15, 0.2) is 53.1 Å². The van der Waals surface area contributed by atoms with Crippen LogP contribution in [0.25, 0.3) is 0 Å². The first-order chi connectivity index (χ1) is 12.6. The van der Waals surface area contributed by atoms with Crippen LogP contribution < -0.4 is 4.74 Å². The maximum absolute atomic E-state index is 13.0. The summed E-state index contributed by atoms with van der Waals surface area (Å²) in [6.45, 7) is 2.52. The molecule has 1 atom stereocenters. The number of ketones is 1. The van der Waals surface area contributed by atoms with Gasteiger partial charge in [0, 0.05) is 6.54 Å². The third kappa shape index (κ3) is 3.24. The Labute approximate surface area is 156 Å². The first-order valence-electron chi connectivity index (χ1n) is 8.54. The summed E-state index contributed by atoms with van der Waals surface area (Å²) in [5.41, 5.74) is 0.929. The van der Waals surface area contributed by atoms with Gasteiger partial charge in [0.2, 0.25) is 5.78 Å². The Kier molecular flexibility index (Phi) is 5.42. The molecule has 1 aliphatic heterocycles. The summed E-state index contributed by atoms with van der Waals surface area (Å²) >= 11 is 1.30. The molecule has 0 saturated heterocycles. The van der Waals surface area contributed by atoms with Gasteiger partial charge in [-0.1, -0.05) is 31.5 Å². The number of aliphatic hydroxyl groups is 1. The largest absolute Gasteiger partial charge is 0.503 e. The summed E-state index contributed by atoms with van der Waals surface area (Å²) in [4.78, 5) is 27.7. The fraction of sp³-hybridized carbons (Fsp3) is 0.300. The maximum atomic E-state index is 13.0. The topological polar surface area (TPSA) is 66.8 Å². The molecule has 1 amide bonds. The highest BCUT2D eigenvalue weighted by atomic mass is 32.1. The number of methoxy groups -OCH3 is 1. The third-order valence-corrected chi connectivity index (χ3v) is 5.35. The van der Waals surface area contributed by atoms with Gasteiger partial charge >= 0.3 is 0 Å². The van der Waals surface area contributed by atoms with Gasteiger partial charge in [-0.05, 0) is 35.6 Å².